The Labute approximate surface area is 143 Å². The zero-order valence-corrected chi connectivity index (χ0v) is 13.8. The highest BCUT2D eigenvalue weighted by molar-refractivity contribution is 5.31. The molecule has 0 saturated carbocycles. The molecule has 0 aliphatic carbocycles. The van der Waals surface area contributed by atoms with Crippen molar-refractivity contribution in [3.63, 3.8) is 0 Å². The highest BCUT2D eigenvalue weighted by Gasteiger charge is 2.41. The van der Waals surface area contributed by atoms with Crippen LogP contribution in [-0.2, 0) is 12.1 Å². The summed E-state index contributed by atoms with van der Waals surface area (Å²) in [7, 11) is 0. The number of nitrogens with zero attached hydrogens (tertiary/aromatic N) is 5. The molecule has 0 fully saturated rings. The SMILES string of the molecule is Cc1cncnc1[C@H](C)[C@](O)(Cn1cncn1)c1ccc(F)cc1F. The van der Waals surface area contributed by atoms with E-state index in [1.165, 1.54) is 29.7 Å². The number of aryl methyl sites for hydroxylation is 1. The van der Waals surface area contributed by atoms with Crippen molar-refractivity contribution in [2.75, 3.05) is 0 Å². The first kappa shape index (κ1) is 17.1. The first-order chi connectivity index (χ1) is 11.9. The van der Waals surface area contributed by atoms with Gasteiger partial charge >= 0.3 is 0 Å². The summed E-state index contributed by atoms with van der Waals surface area (Å²) in [6.45, 7) is 3.47. The number of benzene rings is 1. The van der Waals surface area contributed by atoms with Crippen molar-refractivity contribution in [1.82, 2.24) is 24.7 Å². The predicted molar refractivity (Wildman–Crippen MR) is 85.5 cm³/mol. The lowest BCUT2D eigenvalue weighted by Gasteiger charge is -2.35. The lowest BCUT2D eigenvalue weighted by atomic mass is 9.79. The Kier molecular flexibility index (Phi) is 4.54. The van der Waals surface area contributed by atoms with E-state index in [4.69, 9.17) is 0 Å². The van der Waals surface area contributed by atoms with Crippen LogP contribution in [0.2, 0.25) is 0 Å². The average Bonchev–Trinajstić information content (AvgIpc) is 3.07. The number of halogens is 2. The van der Waals surface area contributed by atoms with Crippen molar-refractivity contribution >= 4 is 0 Å². The predicted octanol–water partition coefficient (Wildman–Crippen LogP) is 2.35. The third kappa shape index (κ3) is 3.25. The molecule has 0 bridgehead atoms. The van der Waals surface area contributed by atoms with Crippen molar-refractivity contribution in [2.24, 2.45) is 0 Å². The average molecular weight is 345 g/mol. The van der Waals surface area contributed by atoms with Crippen molar-refractivity contribution in [3.05, 3.63) is 71.8 Å². The zero-order chi connectivity index (χ0) is 18.0. The van der Waals surface area contributed by atoms with Gasteiger partial charge in [0.25, 0.3) is 0 Å². The van der Waals surface area contributed by atoms with Gasteiger partial charge in [-0.3, -0.25) is 0 Å². The van der Waals surface area contributed by atoms with Gasteiger partial charge in [0.2, 0.25) is 0 Å². The topological polar surface area (TPSA) is 76.7 Å². The molecule has 3 aromatic rings. The summed E-state index contributed by atoms with van der Waals surface area (Å²) >= 11 is 0. The summed E-state index contributed by atoms with van der Waals surface area (Å²) in [5.41, 5.74) is -0.421. The lowest BCUT2D eigenvalue weighted by Crippen LogP contribution is -2.38. The van der Waals surface area contributed by atoms with Gasteiger partial charge in [-0.15, -0.1) is 0 Å². The maximum Gasteiger partial charge on any atom is 0.137 e. The van der Waals surface area contributed by atoms with Crippen LogP contribution in [0, 0.1) is 18.6 Å². The Morgan fingerprint density at radius 2 is 2.04 bits per heavy atom. The molecule has 3 rings (SSSR count). The van der Waals surface area contributed by atoms with Gasteiger partial charge in [-0.05, 0) is 18.6 Å². The normalized spacial score (nSPS) is 14.9. The van der Waals surface area contributed by atoms with Gasteiger partial charge in [0, 0.05) is 23.7 Å². The Bertz CT molecular complexity index is 871. The number of hydrogen-bond donors (Lipinski definition) is 1. The van der Waals surface area contributed by atoms with E-state index in [-0.39, 0.29) is 12.1 Å². The molecule has 6 nitrogen and oxygen atoms in total. The van der Waals surface area contributed by atoms with Crippen LogP contribution in [0.25, 0.3) is 0 Å². The first-order valence-electron chi connectivity index (χ1n) is 7.68. The first-order valence-corrected chi connectivity index (χ1v) is 7.68. The monoisotopic (exact) mass is 345 g/mol. The molecule has 2 heterocycles. The van der Waals surface area contributed by atoms with Crippen molar-refractivity contribution in [1.29, 1.82) is 0 Å². The van der Waals surface area contributed by atoms with E-state index < -0.39 is 23.2 Å². The summed E-state index contributed by atoms with van der Waals surface area (Å²) in [6.07, 6.45) is 5.74. The van der Waals surface area contributed by atoms with Crippen LogP contribution in [-0.4, -0.2) is 29.8 Å². The maximum absolute atomic E-state index is 14.5. The molecule has 25 heavy (non-hydrogen) atoms. The van der Waals surface area contributed by atoms with E-state index in [9.17, 15) is 13.9 Å². The fourth-order valence-corrected chi connectivity index (χ4v) is 2.95. The van der Waals surface area contributed by atoms with Crippen LogP contribution in [0.4, 0.5) is 8.78 Å². The third-order valence-electron chi connectivity index (χ3n) is 4.33. The molecule has 1 aromatic carbocycles. The van der Waals surface area contributed by atoms with Crippen LogP contribution in [0.15, 0.2) is 43.4 Å². The van der Waals surface area contributed by atoms with Crippen molar-refractivity contribution in [2.45, 2.75) is 31.9 Å². The molecule has 0 aliphatic rings. The quantitative estimate of drug-likeness (QED) is 0.768. The van der Waals surface area contributed by atoms with Crippen LogP contribution in [0.5, 0.6) is 0 Å². The number of hydrogen-bond acceptors (Lipinski definition) is 5. The Morgan fingerprint density at radius 3 is 2.68 bits per heavy atom. The molecular formula is C17H17F2N5O. The smallest absolute Gasteiger partial charge is 0.137 e. The number of aromatic nitrogens is 5. The van der Waals surface area contributed by atoms with Gasteiger partial charge < -0.3 is 5.11 Å². The Balaban J connectivity index is 2.13. The van der Waals surface area contributed by atoms with E-state index in [1.807, 2.05) is 6.92 Å². The minimum absolute atomic E-state index is 0.0325. The largest absolute Gasteiger partial charge is 0.382 e. The molecule has 1 N–H and O–H groups in total. The fourth-order valence-electron chi connectivity index (χ4n) is 2.95. The number of aliphatic hydroxyl groups is 1. The molecule has 130 valence electrons. The minimum atomic E-state index is -1.72. The van der Waals surface area contributed by atoms with Gasteiger partial charge in [-0.2, -0.15) is 5.10 Å². The van der Waals surface area contributed by atoms with E-state index >= 15 is 0 Å². The van der Waals surface area contributed by atoms with Crippen LogP contribution < -0.4 is 0 Å². The van der Waals surface area contributed by atoms with Crippen LogP contribution in [0.3, 0.4) is 0 Å². The van der Waals surface area contributed by atoms with Gasteiger partial charge in [-0.25, -0.2) is 28.4 Å². The summed E-state index contributed by atoms with van der Waals surface area (Å²) < 4.78 is 29.2. The second kappa shape index (κ2) is 6.64. The third-order valence-corrected chi connectivity index (χ3v) is 4.33. The molecule has 8 heteroatoms. The zero-order valence-electron chi connectivity index (χ0n) is 13.8. The Hall–Kier alpha value is -2.74. The maximum atomic E-state index is 14.5. The molecule has 2 atom stereocenters. The molecule has 2 aromatic heterocycles. The molecular weight excluding hydrogens is 328 g/mol. The number of rotatable bonds is 5. The standard InChI is InChI=1S/C17H17F2N5O/c1-11-6-20-8-22-16(11)12(2)17(25,7-24-10-21-9-23-24)14-4-3-13(18)5-15(14)19/h3-6,8-10,12,25H,7H2,1-2H3/t12-,17+/m0/s1. The van der Waals surface area contributed by atoms with Crippen molar-refractivity contribution in [3.8, 4) is 0 Å². The summed E-state index contributed by atoms with van der Waals surface area (Å²) in [6, 6.07) is 3.11. The highest BCUT2D eigenvalue weighted by atomic mass is 19.1. The summed E-state index contributed by atoms with van der Waals surface area (Å²) in [5.74, 6) is -2.16. The van der Waals surface area contributed by atoms with E-state index in [2.05, 4.69) is 20.1 Å². The van der Waals surface area contributed by atoms with Gasteiger partial charge in [0.1, 0.15) is 36.2 Å². The van der Waals surface area contributed by atoms with Crippen LogP contribution in [0.1, 0.15) is 29.7 Å². The molecule has 0 saturated heterocycles. The molecule has 0 unspecified atom stereocenters. The second-order valence-electron chi connectivity index (χ2n) is 5.95. The van der Waals surface area contributed by atoms with E-state index in [0.717, 1.165) is 17.7 Å². The highest BCUT2D eigenvalue weighted by Crippen LogP contribution is 2.39. The van der Waals surface area contributed by atoms with Crippen molar-refractivity contribution < 1.29 is 13.9 Å². The molecule has 0 amide bonds. The van der Waals surface area contributed by atoms with E-state index in [1.54, 1.807) is 13.1 Å². The summed E-state index contributed by atoms with van der Waals surface area (Å²) in [5, 5.41) is 15.4. The minimum Gasteiger partial charge on any atom is -0.382 e. The van der Waals surface area contributed by atoms with Gasteiger partial charge in [-0.1, -0.05) is 13.0 Å². The van der Waals surface area contributed by atoms with Gasteiger partial charge in [0.15, 0.2) is 0 Å². The Morgan fingerprint density at radius 1 is 1.24 bits per heavy atom. The summed E-state index contributed by atoms with van der Waals surface area (Å²) in [4.78, 5) is 12.0. The lowest BCUT2D eigenvalue weighted by molar-refractivity contribution is -0.0125. The molecule has 0 radical (unpaired) electrons. The van der Waals surface area contributed by atoms with E-state index in [0.29, 0.717) is 5.69 Å². The molecule has 0 spiro atoms. The second-order valence-corrected chi connectivity index (χ2v) is 5.95. The van der Waals surface area contributed by atoms with Gasteiger partial charge in [0.05, 0.1) is 12.2 Å². The van der Waals surface area contributed by atoms with Crippen LogP contribution >= 0.6 is 0 Å². The molecule has 0 aliphatic heterocycles. The fraction of sp³-hybridized carbons (Fsp3) is 0.294.